The van der Waals surface area contributed by atoms with Gasteiger partial charge in [0.2, 0.25) is 0 Å². The Kier molecular flexibility index (Phi) is 4.66. The fraction of sp³-hybridized carbons (Fsp3) is 0.188. The minimum Gasteiger partial charge on any atom is -0.465 e. The number of ketones is 1. The molecule has 0 aliphatic carbocycles. The van der Waals surface area contributed by atoms with E-state index in [9.17, 15) is 9.59 Å². The molecule has 0 aliphatic rings. The second-order valence-electron chi connectivity index (χ2n) is 4.27. The Morgan fingerprint density at radius 1 is 1.05 bits per heavy atom. The molecule has 5 nitrogen and oxygen atoms in total. The predicted molar refractivity (Wildman–Crippen MR) is 76.7 cm³/mol. The van der Waals surface area contributed by atoms with Crippen LogP contribution in [0.15, 0.2) is 42.6 Å². The molecule has 0 atom stereocenters. The van der Waals surface area contributed by atoms with Crippen molar-refractivity contribution in [3.8, 4) is 11.5 Å². The molecule has 0 bridgehead atoms. The van der Waals surface area contributed by atoms with Crippen LogP contribution in [0.2, 0.25) is 0 Å². The van der Waals surface area contributed by atoms with Crippen LogP contribution in [0, 0.1) is 0 Å². The lowest BCUT2D eigenvalue weighted by Crippen LogP contribution is -2.01. The van der Waals surface area contributed by atoms with E-state index in [0.29, 0.717) is 29.2 Å². The molecule has 0 fully saturated rings. The Balaban J connectivity index is 2.08. The largest absolute Gasteiger partial charge is 0.465 e. The smallest absolute Gasteiger partial charge is 0.337 e. The lowest BCUT2D eigenvalue weighted by atomic mass is 10.2. The van der Waals surface area contributed by atoms with Crippen molar-refractivity contribution in [2.24, 2.45) is 0 Å². The fourth-order valence-corrected chi connectivity index (χ4v) is 1.70. The Morgan fingerprint density at radius 3 is 2.24 bits per heavy atom. The first-order valence-corrected chi connectivity index (χ1v) is 6.49. The number of esters is 1. The first-order valence-electron chi connectivity index (χ1n) is 6.49. The summed E-state index contributed by atoms with van der Waals surface area (Å²) < 4.78 is 10.2. The topological polar surface area (TPSA) is 65.5 Å². The highest BCUT2D eigenvalue weighted by Crippen LogP contribution is 2.21. The van der Waals surface area contributed by atoms with Gasteiger partial charge in [0, 0.05) is 6.42 Å². The van der Waals surface area contributed by atoms with E-state index in [4.69, 9.17) is 4.74 Å². The summed E-state index contributed by atoms with van der Waals surface area (Å²) in [6.45, 7) is 1.79. The van der Waals surface area contributed by atoms with Crippen molar-refractivity contribution in [1.29, 1.82) is 0 Å². The average molecular weight is 285 g/mol. The van der Waals surface area contributed by atoms with Gasteiger partial charge in [0.25, 0.3) is 0 Å². The molecule has 5 heteroatoms. The van der Waals surface area contributed by atoms with E-state index in [-0.39, 0.29) is 5.78 Å². The van der Waals surface area contributed by atoms with Crippen molar-refractivity contribution in [3.63, 3.8) is 0 Å². The maximum absolute atomic E-state index is 11.5. The average Bonchev–Trinajstić information content (AvgIpc) is 2.55. The first kappa shape index (κ1) is 14.7. The third-order valence-electron chi connectivity index (χ3n) is 2.85. The van der Waals surface area contributed by atoms with Gasteiger partial charge in [0.15, 0.2) is 5.78 Å². The number of rotatable bonds is 5. The summed E-state index contributed by atoms with van der Waals surface area (Å²) in [7, 11) is 1.33. The molecule has 0 saturated carbocycles. The van der Waals surface area contributed by atoms with Gasteiger partial charge in [0.1, 0.15) is 17.2 Å². The highest BCUT2D eigenvalue weighted by atomic mass is 16.5. The van der Waals surface area contributed by atoms with Crippen molar-refractivity contribution in [3.05, 3.63) is 53.9 Å². The second-order valence-corrected chi connectivity index (χ2v) is 4.27. The number of methoxy groups -OCH3 is 1. The minimum absolute atomic E-state index is 0.0102. The molecule has 0 saturated heterocycles. The van der Waals surface area contributed by atoms with Crippen LogP contribution in [0.25, 0.3) is 0 Å². The number of pyridine rings is 1. The van der Waals surface area contributed by atoms with E-state index in [1.807, 2.05) is 0 Å². The van der Waals surface area contributed by atoms with Crippen LogP contribution >= 0.6 is 0 Å². The molecule has 21 heavy (non-hydrogen) atoms. The zero-order valence-corrected chi connectivity index (χ0v) is 11.8. The monoisotopic (exact) mass is 285 g/mol. The maximum Gasteiger partial charge on any atom is 0.337 e. The van der Waals surface area contributed by atoms with Crippen molar-refractivity contribution in [1.82, 2.24) is 4.98 Å². The summed E-state index contributed by atoms with van der Waals surface area (Å²) in [6.07, 6.45) is 1.92. The van der Waals surface area contributed by atoms with Crippen molar-refractivity contribution in [2.75, 3.05) is 7.11 Å². The fourth-order valence-electron chi connectivity index (χ4n) is 1.70. The number of Topliss-reactive ketones (excluding diaryl/α,β-unsaturated/α-hetero) is 1. The summed E-state index contributed by atoms with van der Waals surface area (Å²) in [5.74, 6) is 0.683. The number of ether oxygens (including phenoxy) is 2. The zero-order chi connectivity index (χ0) is 15.2. The molecule has 1 aromatic heterocycles. The van der Waals surface area contributed by atoms with Gasteiger partial charge in [0.05, 0.1) is 18.9 Å². The summed E-state index contributed by atoms with van der Waals surface area (Å²) in [4.78, 5) is 26.8. The van der Waals surface area contributed by atoms with Crippen LogP contribution in [-0.2, 0) is 4.74 Å². The quantitative estimate of drug-likeness (QED) is 0.623. The van der Waals surface area contributed by atoms with E-state index in [1.165, 1.54) is 13.3 Å². The number of nitrogens with zero attached hydrogens (tertiary/aromatic N) is 1. The SMILES string of the molecule is CCC(=O)c1ccc(Oc2ccc(C(=O)OC)cc2)cn1. The highest BCUT2D eigenvalue weighted by molar-refractivity contribution is 5.94. The summed E-state index contributed by atoms with van der Waals surface area (Å²) in [6, 6.07) is 9.87. The molecular formula is C16H15NO4. The Hall–Kier alpha value is -2.69. The van der Waals surface area contributed by atoms with Crippen molar-refractivity contribution < 1.29 is 19.1 Å². The van der Waals surface area contributed by atoms with Crippen molar-refractivity contribution >= 4 is 11.8 Å². The number of hydrogen-bond acceptors (Lipinski definition) is 5. The number of benzene rings is 1. The van der Waals surface area contributed by atoms with E-state index in [2.05, 4.69) is 9.72 Å². The van der Waals surface area contributed by atoms with Crippen LogP contribution in [0.1, 0.15) is 34.2 Å². The van der Waals surface area contributed by atoms with Crippen LogP contribution in [0.4, 0.5) is 0 Å². The second kappa shape index (κ2) is 6.65. The summed E-state index contributed by atoms with van der Waals surface area (Å²) in [5.41, 5.74) is 0.873. The van der Waals surface area contributed by atoms with Gasteiger partial charge >= 0.3 is 5.97 Å². The lowest BCUT2D eigenvalue weighted by molar-refractivity contribution is 0.0600. The van der Waals surface area contributed by atoms with Crippen LogP contribution in [-0.4, -0.2) is 23.8 Å². The lowest BCUT2D eigenvalue weighted by Gasteiger charge is -2.06. The molecule has 0 N–H and O–H groups in total. The number of carbonyl (C=O) groups is 2. The molecular weight excluding hydrogens is 270 g/mol. The Morgan fingerprint density at radius 2 is 1.71 bits per heavy atom. The first-order chi connectivity index (χ1) is 10.1. The van der Waals surface area contributed by atoms with Gasteiger partial charge in [-0.3, -0.25) is 4.79 Å². The van der Waals surface area contributed by atoms with Gasteiger partial charge < -0.3 is 9.47 Å². The molecule has 1 heterocycles. The van der Waals surface area contributed by atoms with E-state index < -0.39 is 5.97 Å². The molecule has 108 valence electrons. The number of aromatic nitrogens is 1. The van der Waals surface area contributed by atoms with Crippen molar-refractivity contribution in [2.45, 2.75) is 13.3 Å². The molecule has 2 aromatic rings. The number of carbonyl (C=O) groups excluding carboxylic acids is 2. The van der Waals surface area contributed by atoms with Crippen LogP contribution in [0.3, 0.4) is 0 Å². The van der Waals surface area contributed by atoms with Gasteiger partial charge in [-0.05, 0) is 36.4 Å². The standard InChI is InChI=1S/C16H15NO4/c1-3-15(18)14-9-8-13(10-17-14)21-12-6-4-11(5-7-12)16(19)20-2/h4-10H,3H2,1-2H3. The molecule has 0 radical (unpaired) electrons. The predicted octanol–water partition coefficient (Wildman–Crippen LogP) is 3.25. The third kappa shape index (κ3) is 3.66. The Labute approximate surface area is 122 Å². The molecule has 1 aromatic carbocycles. The van der Waals surface area contributed by atoms with Crippen LogP contribution in [0.5, 0.6) is 11.5 Å². The highest BCUT2D eigenvalue weighted by Gasteiger charge is 2.07. The minimum atomic E-state index is -0.398. The van der Waals surface area contributed by atoms with E-state index >= 15 is 0 Å². The van der Waals surface area contributed by atoms with E-state index in [0.717, 1.165) is 0 Å². The number of hydrogen-bond donors (Lipinski definition) is 0. The van der Waals surface area contributed by atoms with Gasteiger partial charge in [-0.25, -0.2) is 9.78 Å². The molecule has 0 unspecified atom stereocenters. The molecule has 0 amide bonds. The van der Waals surface area contributed by atoms with Gasteiger partial charge in [-0.2, -0.15) is 0 Å². The summed E-state index contributed by atoms with van der Waals surface area (Å²) in [5, 5.41) is 0. The van der Waals surface area contributed by atoms with Gasteiger partial charge in [-0.1, -0.05) is 6.92 Å². The third-order valence-corrected chi connectivity index (χ3v) is 2.85. The van der Waals surface area contributed by atoms with Crippen LogP contribution < -0.4 is 4.74 Å². The summed E-state index contributed by atoms with van der Waals surface area (Å²) >= 11 is 0. The van der Waals surface area contributed by atoms with E-state index in [1.54, 1.807) is 43.3 Å². The normalized spacial score (nSPS) is 10.0. The Bertz CT molecular complexity index is 575. The zero-order valence-electron chi connectivity index (χ0n) is 11.8. The molecule has 2 rings (SSSR count). The molecule has 0 aliphatic heterocycles. The van der Waals surface area contributed by atoms with Gasteiger partial charge in [-0.15, -0.1) is 0 Å². The maximum atomic E-state index is 11.5. The molecule has 0 spiro atoms.